The van der Waals surface area contributed by atoms with E-state index in [9.17, 15) is 18.0 Å². The van der Waals surface area contributed by atoms with Gasteiger partial charge >= 0.3 is 12.1 Å². The van der Waals surface area contributed by atoms with Crippen LogP contribution in [0.1, 0.15) is 40.3 Å². The molecule has 0 saturated carbocycles. The molecule has 0 unspecified atom stereocenters. The molecule has 0 aliphatic carbocycles. The second-order valence-electron chi connectivity index (χ2n) is 6.54. The molecule has 0 radical (unpaired) electrons. The predicted octanol–water partition coefficient (Wildman–Crippen LogP) is 4.35. The van der Waals surface area contributed by atoms with Crippen molar-refractivity contribution in [2.45, 2.75) is 26.6 Å². The summed E-state index contributed by atoms with van der Waals surface area (Å²) in [4.78, 5) is 22.1. The molecular weight excluding hydrogens is 427 g/mol. The molecule has 2 aromatic carbocycles. The van der Waals surface area contributed by atoms with Gasteiger partial charge in [-0.05, 0) is 31.5 Å². The lowest BCUT2D eigenvalue weighted by molar-refractivity contribution is -0.137. The molecule has 32 heavy (non-hydrogen) atoms. The van der Waals surface area contributed by atoms with Crippen LogP contribution >= 0.6 is 0 Å². The first-order valence-electron chi connectivity index (χ1n) is 9.20. The number of halogens is 3. The van der Waals surface area contributed by atoms with Crippen molar-refractivity contribution in [1.82, 2.24) is 0 Å². The number of oxime groups is 2. The van der Waals surface area contributed by atoms with Gasteiger partial charge in [0.2, 0.25) is 0 Å². The van der Waals surface area contributed by atoms with Crippen LogP contribution in [0.15, 0.2) is 46.7 Å². The SMILES string of the molecule is CO/N=C(/C(=O)OC)c1cccc(C)c1CO/N=C(\C)c1ccc(C#N)cc1C(F)(F)F. The highest BCUT2D eigenvalue weighted by Crippen LogP contribution is 2.33. The van der Waals surface area contributed by atoms with Gasteiger partial charge in [-0.2, -0.15) is 18.4 Å². The van der Waals surface area contributed by atoms with Crippen LogP contribution in [0, 0.1) is 18.3 Å². The zero-order chi connectivity index (χ0) is 23.9. The van der Waals surface area contributed by atoms with Crippen molar-refractivity contribution in [1.29, 1.82) is 5.26 Å². The van der Waals surface area contributed by atoms with Crippen LogP contribution in [-0.2, 0) is 32.0 Å². The molecule has 0 heterocycles. The van der Waals surface area contributed by atoms with Crippen LogP contribution in [0.4, 0.5) is 13.2 Å². The number of nitriles is 1. The largest absolute Gasteiger partial charge is 0.464 e. The maximum absolute atomic E-state index is 13.4. The summed E-state index contributed by atoms with van der Waals surface area (Å²) in [6.45, 7) is 2.97. The molecule has 0 bridgehead atoms. The normalized spacial score (nSPS) is 12.2. The second-order valence-corrected chi connectivity index (χ2v) is 6.54. The molecule has 2 rings (SSSR count). The van der Waals surface area contributed by atoms with Gasteiger partial charge in [-0.25, -0.2) is 4.79 Å². The van der Waals surface area contributed by atoms with E-state index in [1.165, 1.54) is 33.3 Å². The quantitative estimate of drug-likeness (QED) is 0.357. The predicted molar refractivity (Wildman–Crippen MR) is 110 cm³/mol. The molecule has 0 atom stereocenters. The highest BCUT2D eigenvalue weighted by Gasteiger charge is 2.34. The Morgan fingerprint density at radius 1 is 1.12 bits per heavy atom. The molecule has 2 aromatic rings. The first-order chi connectivity index (χ1) is 15.1. The van der Waals surface area contributed by atoms with E-state index < -0.39 is 17.7 Å². The molecule has 0 spiro atoms. The molecule has 7 nitrogen and oxygen atoms in total. The van der Waals surface area contributed by atoms with Crippen LogP contribution in [0.2, 0.25) is 0 Å². The number of nitrogens with zero attached hydrogens (tertiary/aromatic N) is 3. The molecule has 0 aliphatic rings. The number of benzene rings is 2. The Morgan fingerprint density at radius 3 is 2.44 bits per heavy atom. The number of methoxy groups -OCH3 is 1. The third-order valence-electron chi connectivity index (χ3n) is 4.48. The molecule has 0 fully saturated rings. The average Bonchev–Trinajstić information content (AvgIpc) is 2.77. The Kier molecular flexibility index (Phi) is 7.96. The summed E-state index contributed by atoms with van der Waals surface area (Å²) >= 11 is 0. The van der Waals surface area contributed by atoms with Crippen LogP contribution in [0.25, 0.3) is 0 Å². The van der Waals surface area contributed by atoms with Gasteiger partial charge < -0.3 is 14.4 Å². The molecule has 0 amide bonds. The Hall–Kier alpha value is -3.87. The van der Waals surface area contributed by atoms with E-state index in [1.54, 1.807) is 31.2 Å². The van der Waals surface area contributed by atoms with Crippen molar-refractivity contribution in [2.24, 2.45) is 10.3 Å². The van der Waals surface area contributed by atoms with E-state index in [0.29, 0.717) is 11.1 Å². The van der Waals surface area contributed by atoms with Crippen LogP contribution in [-0.4, -0.2) is 31.6 Å². The van der Waals surface area contributed by atoms with Gasteiger partial charge in [-0.3, -0.25) is 0 Å². The van der Waals surface area contributed by atoms with Crippen molar-refractivity contribution in [3.05, 3.63) is 69.8 Å². The monoisotopic (exact) mass is 447 g/mol. The molecule has 168 valence electrons. The second kappa shape index (κ2) is 10.4. The van der Waals surface area contributed by atoms with Crippen molar-refractivity contribution in [2.75, 3.05) is 14.2 Å². The van der Waals surface area contributed by atoms with Gasteiger partial charge in [0.1, 0.15) is 13.7 Å². The van der Waals surface area contributed by atoms with Crippen molar-refractivity contribution in [3.8, 4) is 6.07 Å². The van der Waals surface area contributed by atoms with Crippen molar-refractivity contribution in [3.63, 3.8) is 0 Å². The topological polar surface area (TPSA) is 93.3 Å². The van der Waals surface area contributed by atoms with Gasteiger partial charge in [-0.1, -0.05) is 34.6 Å². The number of esters is 1. The number of hydrogen-bond acceptors (Lipinski definition) is 7. The number of alkyl halides is 3. The first kappa shape index (κ1) is 24.4. The lowest BCUT2D eigenvalue weighted by atomic mass is 9.99. The lowest BCUT2D eigenvalue weighted by Crippen LogP contribution is -2.20. The van der Waals surface area contributed by atoms with E-state index in [-0.39, 0.29) is 29.2 Å². The van der Waals surface area contributed by atoms with Gasteiger partial charge in [0.05, 0.1) is 30.0 Å². The summed E-state index contributed by atoms with van der Waals surface area (Å²) in [5.41, 5.74) is 0.197. The zero-order valence-electron chi connectivity index (χ0n) is 17.8. The third kappa shape index (κ3) is 5.63. The van der Waals surface area contributed by atoms with Crippen LogP contribution in [0.5, 0.6) is 0 Å². The molecular formula is C22H20F3N3O4. The molecule has 0 N–H and O–H groups in total. The van der Waals surface area contributed by atoms with Gasteiger partial charge in [0.15, 0.2) is 5.71 Å². The van der Waals surface area contributed by atoms with E-state index in [1.807, 2.05) is 0 Å². The third-order valence-corrected chi connectivity index (χ3v) is 4.48. The first-order valence-corrected chi connectivity index (χ1v) is 9.20. The minimum Gasteiger partial charge on any atom is -0.464 e. The average molecular weight is 447 g/mol. The van der Waals surface area contributed by atoms with Gasteiger partial charge in [0.25, 0.3) is 0 Å². The molecule has 0 aliphatic heterocycles. The summed E-state index contributed by atoms with van der Waals surface area (Å²) < 4.78 is 45.0. The standard InChI is InChI=1S/C22H20F3N3O4/c1-13-6-5-7-17(20(28-31-4)21(29)30-3)18(13)12-32-27-14(2)16-9-8-15(11-26)10-19(16)22(23,24)25/h5-10H,12H2,1-4H3/b27-14+,28-20+. The number of hydrogen-bond donors (Lipinski definition) is 0. The summed E-state index contributed by atoms with van der Waals surface area (Å²) in [5, 5.41) is 16.4. The van der Waals surface area contributed by atoms with Crippen LogP contribution < -0.4 is 0 Å². The fraction of sp³-hybridized carbons (Fsp3) is 0.273. The van der Waals surface area contributed by atoms with E-state index >= 15 is 0 Å². The summed E-state index contributed by atoms with van der Waals surface area (Å²) in [7, 11) is 2.47. The summed E-state index contributed by atoms with van der Waals surface area (Å²) in [6.07, 6.45) is -4.67. The number of carbonyl (C=O) groups excluding carboxylic acids is 1. The van der Waals surface area contributed by atoms with Crippen LogP contribution in [0.3, 0.4) is 0 Å². The highest BCUT2D eigenvalue weighted by atomic mass is 19.4. The number of carbonyl (C=O) groups is 1. The Bertz CT molecular complexity index is 1100. The van der Waals surface area contributed by atoms with E-state index in [4.69, 9.17) is 19.7 Å². The lowest BCUT2D eigenvalue weighted by Gasteiger charge is -2.14. The van der Waals surface area contributed by atoms with Crippen molar-refractivity contribution >= 4 is 17.4 Å². The maximum atomic E-state index is 13.4. The van der Waals surface area contributed by atoms with E-state index in [0.717, 1.165) is 11.6 Å². The molecule has 0 aromatic heterocycles. The fourth-order valence-electron chi connectivity index (χ4n) is 2.91. The summed E-state index contributed by atoms with van der Waals surface area (Å²) in [5.74, 6) is -0.731. The fourth-order valence-corrected chi connectivity index (χ4v) is 2.91. The van der Waals surface area contributed by atoms with E-state index in [2.05, 4.69) is 10.3 Å². The zero-order valence-corrected chi connectivity index (χ0v) is 17.8. The van der Waals surface area contributed by atoms with Gasteiger partial charge in [-0.15, -0.1) is 0 Å². The minimum atomic E-state index is -4.67. The maximum Gasteiger partial charge on any atom is 0.417 e. The molecule has 10 heteroatoms. The number of rotatable bonds is 7. The van der Waals surface area contributed by atoms with Crippen molar-refractivity contribution < 1.29 is 32.4 Å². The smallest absolute Gasteiger partial charge is 0.417 e. The number of ether oxygens (including phenoxy) is 1. The number of aryl methyl sites for hydroxylation is 1. The Labute approximate surface area is 182 Å². The minimum absolute atomic E-state index is 0.0318. The molecule has 0 saturated heterocycles. The Morgan fingerprint density at radius 2 is 1.84 bits per heavy atom. The summed E-state index contributed by atoms with van der Waals surface area (Å²) in [6, 6.07) is 9.96. The van der Waals surface area contributed by atoms with Gasteiger partial charge in [0, 0.05) is 16.7 Å². The highest BCUT2D eigenvalue weighted by molar-refractivity contribution is 6.43. The Balaban J connectivity index is 2.38.